The number of ether oxygens (including phenoxy) is 2. The summed E-state index contributed by atoms with van der Waals surface area (Å²) in [4.78, 5) is 23.3. The summed E-state index contributed by atoms with van der Waals surface area (Å²) >= 11 is 0. The standard InChI is InChI=1S/C26H32O4/c1-8-23(27)29-18-11-9-17(10-12-18)25(4,5)26(6,7)21-13-14-22(20-15-19(20)21)30-24(28)16(2)3/h8-9,11,13-14,19-20H,1-2,10,12,15H2,3-7H3/t19-,20?/m1/s1. The Morgan fingerprint density at radius 2 is 1.70 bits per heavy atom. The second kappa shape index (κ2) is 7.90. The number of fused-ring (bicyclic) bond motifs is 1. The highest BCUT2D eigenvalue weighted by atomic mass is 16.5. The second-order valence-corrected chi connectivity index (χ2v) is 9.51. The van der Waals surface area contributed by atoms with E-state index >= 15 is 0 Å². The Morgan fingerprint density at radius 3 is 2.27 bits per heavy atom. The predicted molar refractivity (Wildman–Crippen MR) is 118 cm³/mol. The molecule has 0 spiro atoms. The smallest absolute Gasteiger partial charge is 0.338 e. The van der Waals surface area contributed by atoms with E-state index in [9.17, 15) is 9.59 Å². The molecule has 3 aliphatic rings. The van der Waals surface area contributed by atoms with Crippen molar-refractivity contribution in [3.8, 4) is 0 Å². The first-order valence-electron chi connectivity index (χ1n) is 10.5. The number of carbonyl (C=O) groups excluding carboxylic acids is 2. The van der Waals surface area contributed by atoms with Gasteiger partial charge in [0.25, 0.3) is 0 Å². The molecule has 3 aliphatic carbocycles. The van der Waals surface area contributed by atoms with E-state index in [0.717, 1.165) is 18.6 Å². The second-order valence-electron chi connectivity index (χ2n) is 9.51. The van der Waals surface area contributed by atoms with Crippen LogP contribution in [0.2, 0.25) is 0 Å². The molecule has 0 amide bonds. The van der Waals surface area contributed by atoms with E-state index in [1.807, 2.05) is 12.2 Å². The van der Waals surface area contributed by atoms with E-state index in [1.165, 1.54) is 17.2 Å². The van der Waals surface area contributed by atoms with Gasteiger partial charge in [-0.2, -0.15) is 0 Å². The molecular weight excluding hydrogens is 376 g/mol. The molecular formula is C26H32O4. The first-order chi connectivity index (χ1) is 14.0. The molecule has 0 bridgehead atoms. The van der Waals surface area contributed by atoms with Gasteiger partial charge in [0, 0.05) is 24.0 Å². The summed E-state index contributed by atoms with van der Waals surface area (Å²) in [5.74, 6) is 1.38. The van der Waals surface area contributed by atoms with Crippen molar-refractivity contribution in [3.63, 3.8) is 0 Å². The quantitative estimate of drug-likeness (QED) is 0.386. The molecule has 1 unspecified atom stereocenters. The fraction of sp³-hybridized carbons (Fsp3) is 0.462. The van der Waals surface area contributed by atoms with Gasteiger partial charge in [-0.05, 0) is 48.7 Å². The van der Waals surface area contributed by atoms with E-state index in [0.29, 0.717) is 23.7 Å². The molecule has 2 atom stereocenters. The highest BCUT2D eigenvalue weighted by Gasteiger charge is 2.53. The Kier molecular flexibility index (Phi) is 5.81. The van der Waals surface area contributed by atoms with Gasteiger partial charge in [-0.1, -0.05) is 64.2 Å². The van der Waals surface area contributed by atoms with Gasteiger partial charge in [0.2, 0.25) is 0 Å². The van der Waals surface area contributed by atoms with Gasteiger partial charge in [0.15, 0.2) is 0 Å². The van der Waals surface area contributed by atoms with Crippen LogP contribution in [0.3, 0.4) is 0 Å². The summed E-state index contributed by atoms with van der Waals surface area (Å²) in [7, 11) is 0. The Labute approximate surface area is 179 Å². The summed E-state index contributed by atoms with van der Waals surface area (Å²) in [6.07, 6.45) is 11.9. The lowest BCUT2D eigenvalue weighted by molar-refractivity contribution is -0.135. The Hall–Kier alpha value is -2.62. The van der Waals surface area contributed by atoms with Crippen molar-refractivity contribution >= 4 is 11.9 Å². The van der Waals surface area contributed by atoms with Crippen molar-refractivity contribution in [2.45, 2.75) is 53.9 Å². The molecule has 0 aromatic carbocycles. The minimum atomic E-state index is -0.417. The third-order valence-electron chi connectivity index (χ3n) is 7.14. The lowest BCUT2D eigenvalue weighted by Crippen LogP contribution is -2.37. The number of carbonyl (C=O) groups is 2. The van der Waals surface area contributed by atoms with Crippen LogP contribution < -0.4 is 0 Å². The first-order valence-corrected chi connectivity index (χ1v) is 10.5. The van der Waals surface area contributed by atoms with Crippen LogP contribution in [0.1, 0.15) is 53.9 Å². The van der Waals surface area contributed by atoms with E-state index in [1.54, 1.807) is 6.92 Å². The van der Waals surface area contributed by atoms with Crippen LogP contribution in [0.15, 0.2) is 71.8 Å². The van der Waals surface area contributed by atoms with Gasteiger partial charge in [-0.25, -0.2) is 9.59 Å². The maximum atomic E-state index is 11.9. The topological polar surface area (TPSA) is 52.6 Å². The molecule has 160 valence electrons. The third-order valence-corrected chi connectivity index (χ3v) is 7.14. The molecule has 4 nitrogen and oxygen atoms in total. The average molecular weight is 409 g/mol. The van der Waals surface area contributed by atoms with Crippen LogP contribution in [-0.4, -0.2) is 11.9 Å². The SMILES string of the molecule is C=CC(=O)OC1=CC=C(C(C)(C)C(C)(C)C2=CC=C(OC(=O)C(=C)C)C3C[C@@H]23)CC1. The minimum absolute atomic E-state index is 0.0816. The normalized spacial score (nSPS) is 23.1. The molecule has 1 saturated carbocycles. The number of esters is 2. The van der Waals surface area contributed by atoms with E-state index in [4.69, 9.17) is 9.47 Å². The highest BCUT2D eigenvalue weighted by molar-refractivity contribution is 5.87. The number of allylic oxidation sites excluding steroid dienone is 8. The fourth-order valence-electron chi connectivity index (χ4n) is 4.41. The molecule has 0 aromatic rings. The summed E-state index contributed by atoms with van der Waals surface area (Å²) in [5.41, 5.74) is 2.99. The Bertz CT molecular complexity index is 921. The molecule has 0 aliphatic heterocycles. The van der Waals surface area contributed by atoms with Crippen LogP contribution in [0.5, 0.6) is 0 Å². The van der Waals surface area contributed by atoms with Crippen molar-refractivity contribution in [2.24, 2.45) is 22.7 Å². The van der Waals surface area contributed by atoms with Crippen molar-refractivity contribution in [2.75, 3.05) is 0 Å². The maximum absolute atomic E-state index is 11.9. The lowest BCUT2D eigenvalue weighted by atomic mass is 9.58. The predicted octanol–water partition coefficient (Wildman–Crippen LogP) is 5.95. The maximum Gasteiger partial charge on any atom is 0.338 e. The number of hydrogen-bond donors (Lipinski definition) is 0. The average Bonchev–Trinajstić information content (AvgIpc) is 3.49. The van der Waals surface area contributed by atoms with Gasteiger partial charge in [0.1, 0.15) is 11.5 Å². The fourth-order valence-corrected chi connectivity index (χ4v) is 4.41. The van der Waals surface area contributed by atoms with E-state index in [2.05, 4.69) is 53.0 Å². The van der Waals surface area contributed by atoms with E-state index < -0.39 is 5.97 Å². The van der Waals surface area contributed by atoms with E-state index in [-0.39, 0.29) is 22.7 Å². The summed E-state index contributed by atoms with van der Waals surface area (Å²) in [6, 6.07) is 0. The van der Waals surface area contributed by atoms with Gasteiger partial charge in [-0.15, -0.1) is 0 Å². The number of hydrogen-bond acceptors (Lipinski definition) is 4. The van der Waals surface area contributed by atoms with Crippen molar-refractivity contribution in [1.29, 1.82) is 0 Å². The first kappa shape index (κ1) is 22.1. The molecule has 4 heteroatoms. The van der Waals surface area contributed by atoms with Gasteiger partial charge in [0.05, 0.1) is 0 Å². The van der Waals surface area contributed by atoms with Crippen LogP contribution in [0, 0.1) is 22.7 Å². The highest BCUT2D eigenvalue weighted by Crippen LogP contribution is 2.61. The minimum Gasteiger partial charge on any atom is -0.428 e. The van der Waals surface area contributed by atoms with Crippen LogP contribution in [0.25, 0.3) is 0 Å². The summed E-state index contributed by atoms with van der Waals surface area (Å²) < 4.78 is 10.8. The monoisotopic (exact) mass is 408 g/mol. The molecule has 0 aromatic heterocycles. The zero-order valence-electron chi connectivity index (χ0n) is 18.7. The van der Waals surface area contributed by atoms with Gasteiger partial charge < -0.3 is 9.47 Å². The largest absolute Gasteiger partial charge is 0.428 e. The molecule has 3 rings (SSSR count). The molecule has 30 heavy (non-hydrogen) atoms. The molecule has 0 saturated heterocycles. The van der Waals surface area contributed by atoms with Crippen molar-refractivity contribution in [3.05, 3.63) is 71.8 Å². The zero-order chi connectivity index (χ0) is 22.3. The number of rotatable bonds is 7. The van der Waals surface area contributed by atoms with Crippen LogP contribution in [0.4, 0.5) is 0 Å². The molecule has 1 fully saturated rings. The van der Waals surface area contributed by atoms with Crippen molar-refractivity contribution in [1.82, 2.24) is 0 Å². The van der Waals surface area contributed by atoms with Gasteiger partial charge >= 0.3 is 11.9 Å². The Balaban J connectivity index is 1.81. The van der Waals surface area contributed by atoms with Crippen LogP contribution >= 0.6 is 0 Å². The molecule has 0 N–H and O–H groups in total. The lowest BCUT2D eigenvalue weighted by Gasteiger charge is -2.47. The van der Waals surface area contributed by atoms with Gasteiger partial charge in [-0.3, -0.25) is 0 Å². The molecule has 0 heterocycles. The van der Waals surface area contributed by atoms with Crippen LogP contribution in [-0.2, 0) is 19.1 Å². The summed E-state index contributed by atoms with van der Waals surface area (Å²) in [6.45, 7) is 17.9. The third kappa shape index (κ3) is 4.00. The van der Waals surface area contributed by atoms with Crippen molar-refractivity contribution < 1.29 is 19.1 Å². The Morgan fingerprint density at radius 1 is 1.00 bits per heavy atom. The zero-order valence-corrected chi connectivity index (χ0v) is 18.7. The molecule has 0 radical (unpaired) electrons. The summed E-state index contributed by atoms with van der Waals surface area (Å²) in [5, 5.41) is 0.